The van der Waals surface area contributed by atoms with E-state index in [-0.39, 0.29) is 17.7 Å². The van der Waals surface area contributed by atoms with Gasteiger partial charge >= 0.3 is 0 Å². The highest BCUT2D eigenvalue weighted by Gasteiger charge is 2.30. The van der Waals surface area contributed by atoms with Crippen LogP contribution in [0.5, 0.6) is 0 Å². The minimum absolute atomic E-state index is 0.0754. The highest BCUT2D eigenvalue weighted by atomic mass is 16.5. The number of anilines is 1. The van der Waals surface area contributed by atoms with Crippen LogP contribution in [0.25, 0.3) is 0 Å². The van der Waals surface area contributed by atoms with E-state index in [4.69, 9.17) is 4.74 Å². The van der Waals surface area contributed by atoms with Crippen molar-refractivity contribution in [3.63, 3.8) is 0 Å². The molecule has 1 atom stereocenters. The second kappa shape index (κ2) is 11.0. The van der Waals surface area contributed by atoms with Crippen molar-refractivity contribution >= 4 is 17.5 Å². The van der Waals surface area contributed by atoms with Gasteiger partial charge in [-0.1, -0.05) is 18.2 Å². The van der Waals surface area contributed by atoms with E-state index in [0.29, 0.717) is 25.9 Å². The first-order chi connectivity index (χ1) is 15.2. The molecule has 3 heterocycles. The fraction of sp³-hybridized carbons (Fsp3) is 0.667. The number of fused-ring (bicyclic) bond motifs is 1. The van der Waals surface area contributed by atoms with E-state index >= 15 is 0 Å². The van der Waals surface area contributed by atoms with Crippen LogP contribution in [0.4, 0.5) is 5.69 Å². The van der Waals surface area contributed by atoms with Crippen LogP contribution in [0.15, 0.2) is 24.3 Å². The van der Waals surface area contributed by atoms with Crippen LogP contribution in [0, 0.1) is 5.92 Å². The van der Waals surface area contributed by atoms with Crippen molar-refractivity contribution in [3.8, 4) is 0 Å². The Balaban J connectivity index is 1.14. The van der Waals surface area contributed by atoms with Gasteiger partial charge in [0.1, 0.15) is 0 Å². The van der Waals surface area contributed by atoms with Crippen LogP contribution in [-0.4, -0.2) is 87.2 Å². The largest absolute Gasteiger partial charge is 0.379 e. The Hall–Kier alpha value is -2.12. The summed E-state index contributed by atoms with van der Waals surface area (Å²) >= 11 is 0. The van der Waals surface area contributed by atoms with Gasteiger partial charge in [-0.3, -0.25) is 14.5 Å². The molecule has 0 saturated carbocycles. The minimum atomic E-state index is -0.0754. The van der Waals surface area contributed by atoms with E-state index in [0.717, 1.165) is 71.7 Å². The molecular weight excluding hydrogens is 392 g/mol. The summed E-state index contributed by atoms with van der Waals surface area (Å²) in [5, 5.41) is 3.12. The maximum Gasteiger partial charge on any atom is 0.224 e. The molecule has 4 rings (SSSR count). The summed E-state index contributed by atoms with van der Waals surface area (Å²) in [4.78, 5) is 31.7. The Morgan fingerprint density at radius 1 is 1.00 bits per heavy atom. The number of amides is 2. The van der Waals surface area contributed by atoms with Crippen molar-refractivity contribution in [1.82, 2.24) is 15.1 Å². The van der Waals surface area contributed by atoms with Crippen molar-refractivity contribution in [2.75, 3.05) is 70.5 Å². The molecule has 1 N–H and O–H groups in total. The molecule has 1 aromatic rings. The summed E-state index contributed by atoms with van der Waals surface area (Å²) in [5.41, 5.74) is 2.76. The molecule has 0 aromatic heterocycles. The molecule has 170 valence electrons. The van der Waals surface area contributed by atoms with Crippen LogP contribution in [0.1, 0.15) is 31.2 Å². The molecule has 7 heteroatoms. The first kappa shape index (κ1) is 22.1. The zero-order chi connectivity index (χ0) is 21.5. The van der Waals surface area contributed by atoms with Crippen molar-refractivity contribution in [2.24, 2.45) is 5.92 Å². The third-order valence-electron chi connectivity index (χ3n) is 6.76. The summed E-state index contributed by atoms with van der Waals surface area (Å²) < 4.78 is 5.38. The van der Waals surface area contributed by atoms with Gasteiger partial charge in [0.2, 0.25) is 11.8 Å². The van der Waals surface area contributed by atoms with Crippen LogP contribution in [0.2, 0.25) is 0 Å². The lowest BCUT2D eigenvalue weighted by molar-refractivity contribution is -0.138. The molecule has 0 bridgehead atoms. The van der Waals surface area contributed by atoms with Crippen LogP contribution >= 0.6 is 0 Å². The maximum atomic E-state index is 12.7. The zero-order valence-electron chi connectivity index (χ0n) is 18.6. The smallest absolute Gasteiger partial charge is 0.224 e. The highest BCUT2D eigenvalue weighted by Crippen LogP contribution is 2.27. The van der Waals surface area contributed by atoms with Gasteiger partial charge in [0, 0.05) is 64.5 Å². The van der Waals surface area contributed by atoms with Crippen LogP contribution in [-0.2, 0) is 20.7 Å². The number of likely N-dealkylation sites (tertiary alicyclic amines) is 1. The Kier molecular flexibility index (Phi) is 7.81. The number of morpholine rings is 1. The van der Waals surface area contributed by atoms with Gasteiger partial charge in [-0.15, -0.1) is 0 Å². The molecule has 0 spiro atoms. The SMILES string of the molecule is O=C(NCCCN1CCc2ccccc21)C1CCC(=O)N(CCCN2CCOCC2)C1. The van der Waals surface area contributed by atoms with Crippen molar-refractivity contribution in [3.05, 3.63) is 29.8 Å². The highest BCUT2D eigenvalue weighted by molar-refractivity contribution is 5.83. The van der Waals surface area contributed by atoms with E-state index in [1.54, 1.807) is 0 Å². The summed E-state index contributed by atoms with van der Waals surface area (Å²) in [5.74, 6) is 0.222. The number of benzene rings is 1. The number of piperidine rings is 1. The number of hydrogen-bond donors (Lipinski definition) is 1. The van der Waals surface area contributed by atoms with E-state index in [9.17, 15) is 9.59 Å². The van der Waals surface area contributed by atoms with Crippen LogP contribution < -0.4 is 10.2 Å². The standard InChI is InChI=1S/C24H36N4O3/c29-23-8-7-21(19-28(23)13-4-11-26-15-17-31-18-16-26)24(30)25-10-3-12-27-14-9-20-5-1-2-6-22(20)27/h1-2,5-6,21H,3-4,7-19H2,(H,25,30). The Morgan fingerprint density at radius 3 is 2.68 bits per heavy atom. The maximum absolute atomic E-state index is 12.7. The second-order valence-electron chi connectivity index (χ2n) is 8.89. The predicted octanol–water partition coefficient (Wildman–Crippen LogP) is 1.52. The lowest BCUT2D eigenvalue weighted by Gasteiger charge is -2.33. The monoisotopic (exact) mass is 428 g/mol. The number of rotatable bonds is 9. The molecule has 31 heavy (non-hydrogen) atoms. The molecule has 3 aliphatic rings. The Labute approximate surface area is 185 Å². The fourth-order valence-electron chi connectivity index (χ4n) is 4.92. The number of nitrogens with zero attached hydrogens (tertiary/aromatic N) is 3. The van der Waals surface area contributed by atoms with E-state index in [1.807, 2.05) is 4.90 Å². The molecular formula is C24H36N4O3. The predicted molar refractivity (Wildman–Crippen MR) is 121 cm³/mol. The van der Waals surface area contributed by atoms with Gasteiger partial charge in [-0.2, -0.15) is 0 Å². The normalized spacial score (nSPS) is 21.9. The van der Waals surface area contributed by atoms with E-state index in [2.05, 4.69) is 39.4 Å². The number of carbonyl (C=O) groups is 2. The second-order valence-corrected chi connectivity index (χ2v) is 8.89. The van der Waals surface area contributed by atoms with Gasteiger partial charge in [0.15, 0.2) is 0 Å². The van der Waals surface area contributed by atoms with Gasteiger partial charge in [0.25, 0.3) is 0 Å². The van der Waals surface area contributed by atoms with Gasteiger partial charge < -0.3 is 19.9 Å². The summed E-state index contributed by atoms with van der Waals surface area (Å²) in [6.07, 6.45) is 4.16. The van der Waals surface area contributed by atoms with E-state index in [1.165, 1.54) is 11.3 Å². The summed E-state index contributed by atoms with van der Waals surface area (Å²) in [6, 6.07) is 8.58. The van der Waals surface area contributed by atoms with Crippen molar-refractivity contribution < 1.29 is 14.3 Å². The molecule has 7 nitrogen and oxygen atoms in total. The van der Waals surface area contributed by atoms with Gasteiger partial charge in [-0.05, 0) is 37.3 Å². The molecule has 2 fully saturated rings. The fourth-order valence-corrected chi connectivity index (χ4v) is 4.92. The Bertz CT molecular complexity index is 750. The lowest BCUT2D eigenvalue weighted by Crippen LogP contribution is -2.47. The number of ether oxygens (including phenoxy) is 1. The Morgan fingerprint density at radius 2 is 1.81 bits per heavy atom. The number of para-hydroxylation sites is 1. The molecule has 0 radical (unpaired) electrons. The molecule has 1 unspecified atom stereocenters. The average molecular weight is 429 g/mol. The summed E-state index contributed by atoms with van der Waals surface area (Å²) in [7, 11) is 0. The summed E-state index contributed by atoms with van der Waals surface area (Å²) in [6.45, 7) is 8.57. The first-order valence-electron chi connectivity index (χ1n) is 11.9. The molecule has 3 aliphatic heterocycles. The van der Waals surface area contributed by atoms with Gasteiger partial charge in [-0.25, -0.2) is 0 Å². The minimum Gasteiger partial charge on any atom is -0.379 e. The third kappa shape index (κ3) is 5.98. The molecule has 0 aliphatic carbocycles. The van der Waals surface area contributed by atoms with E-state index < -0.39 is 0 Å². The van der Waals surface area contributed by atoms with Gasteiger partial charge in [0.05, 0.1) is 19.1 Å². The molecule has 1 aromatic carbocycles. The van der Waals surface area contributed by atoms with Crippen molar-refractivity contribution in [2.45, 2.75) is 32.1 Å². The van der Waals surface area contributed by atoms with Crippen molar-refractivity contribution in [1.29, 1.82) is 0 Å². The zero-order valence-corrected chi connectivity index (χ0v) is 18.6. The average Bonchev–Trinajstić information content (AvgIpc) is 3.21. The topological polar surface area (TPSA) is 65.1 Å². The lowest BCUT2D eigenvalue weighted by atomic mass is 9.96. The first-order valence-corrected chi connectivity index (χ1v) is 11.9. The van der Waals surface area contributed by atoms with Crippen LogP contribution in [0.3, 0.4) is 0 Å². The molecule has 2 amide bonds. The number of carbonyl (C=O) groups excluding carboxylic acids is 2. The number of hydrogen-bond acceptors (Lipinski definition) is 5. The third-order valence-corrected chi connectivity index (χ3v) is 6.76. The molecule has 2 saturated heterocycles. The quantitative estimate of drug-likeness (QED) is 0.604. The number of nitrogens with one attached hydrogen (secondary N) is 1.